The van der Waals surface area contributed by atoms with Gasteiger partial charge in [0.15, 0.2) is 5.69 Å². The molecule has 0 radical (unpaired) electrons. The second-order valence-corrected chi connectivity index (χ2v) is 4.83. The molecule has 0 saturated heterocycles. The Morgan fingerprint density at radius 3 is 2.24 bits per heavy atom. The van der Waals surface area contributed by atoms with Crippen LogP contribution in [0.5, 0.6) is 0 Å². The minimum atomic E-state index is -1.46. The zero-order valence-electron chi connectivity index (χ0n) is 8.87. The standard InChI is InChI=1S/C12H11NO3S/c14-13(15)11-8-4-5-9-12(11)17(16)10-6-2-1-3-7-10/h1-9,13-14H. The van der Waals surface area contributed by atoms with E-state index in [1.165, 1.54) is 6.07 Å². The van der Waals surface area contributed by atoms with Gasteiger partial charge in [-0.15, -0.1) is 0 Å². The van der Waals surface area contributed by atoms with Crippen LogP contribution in [0.15, 0.2) is 64.4 Å². The van der Waals surface area contributed by atoms with E-state index in [4.69, 9.17) is 5.21 Å². The fourth-order valence-electron chi connectivity index (χ4n) is 1.48. The van der Waals surface area contributed by atoms with Gasteiger partial charge in [0, 0.05) is 11.0 Å². The van der Waals surface area contributed by atoms with E-state index in [1.54, 1.807) is 42.5 Å². The van der Waals surface area contributed by atoms with E-state index in [1.807, 2.05) is 6.07 Å². The molecule has 0 saturated carbocycles. The molecule has 0 bridgehead atoms. The van der Waals surface area contributed by atoms with Gasteiger partial charge in [0.2, 0.25) is 0 Å². The van der Waals surface area contributed by atoms with Crippen LogP contribution in [0.2, 0.25) is 0 Å². The molecule has 2 aromatic carbocycles. The van der Waals surface area contributed by atoms with E-state index in [9.17, 15) is 9.42 Å². The topological polar surface area (TPSA) is 64.8 Å². The highest BCUT2D eigenvalue weighted by atomic mass is 32.2. The molecule has 88 valence electrons. The molecule has 2 unspecified atom stereocenters. The highest BCUT2D eigenvalue weighted by Crippen LogP contribution is 2.21. The molecule has 0 aromatic heterocycles. The zero-order chi connectivity index (χ0) is 12.3. The lowest BCUT2D eigenvalue weighted by Gasteiger charge is -2.14. The molecule has 17 heavy (non-hydrogen) atoms. The van der Waals surface area contributed by atoms with Gasteiger partial charge in [-0.1, -0.05) is 30.3 Å². The summed E-state index contributed by atoms with van der Waals surface area (Å²) < 4.78 is 12.2. The maximum absolute atomic E-state index is 12.2. The maximum atomic E-state index is 12.2. The molecule has 0 aliphatic heterocycles. The minimum Gasteiger partial charge on any atom is -0.595 e. The molecule has 5 heteroatoms. The summed E-state index contributed by atoms with van der Waals surface area (Å²) in [5.74, 6) is 0. The number of hydrogen-bond donors (Lipinski definition) is 2. The van der Waals surface area contributed by atoms with Gasteiger partial charge >= 0.3 is 0 Å². The van der Waals surface area contributed by atoms with Crippen LogP contribution in [0.3, 0.4) is 0 Å². The number of benzene rings is 2. The molecule has 0 fully saturated rings. The predicted octanol–water partition coefficient (Wildman–Crippen LogP) is 1.26. The van der Waals surface area contributed by atoms with Crippen molar-refractivity contribution >= 4 is 16.5 Å². The normalized spacial score (nSPS) is 14.2. The summed E-state index contributed by atoms with van der Waals surface area (Å²) in [6.07, 6.45) is 0. The van der Waals surface area contributed by atoms with Crippen LogP contribution in [0, 0.1) is 5.21 Å². The van der Waals surface area contributed by atoms with Crippen molar-refractivity contribution in [2.24, 2.45) is 0 Å². The smallest absolute Gasteiger partial charge is 0.180 e. The molecular formula is C12H11NO3S. The number of nitrogens with one attached hydrogen (secondary N) is 1. The van der Waals surface area contributed by atoms with E-state index in [-0.39, 0.29) is 5.69 Å². The summed E-state index contributed by atoms with van der Waals surface area (Å²) >= 11 is 0. The monoisotopic (exact) mass is 249 g/mol. The van der Waals surface area contributed by atoms with Gasteiger partial charge in [0.05, 0.1) is 10.8 Å². The third kappa shape index (κ3) is 2.59. The van der Waals surface area contributed by atoms with E-state index in [2.05, 4.69) is 0 Å². The first-order chi connectivity index (χ1) is 8.20. The molecule has 0 aliphatic carbocycles. The minimum absolute atomic E-state index is 0.0784. The van der Waals surface area contributed by atoms with Crippen molar-refractivity contribution in [1.29, 1.82) is 0 Å². The van der Waals surface area contributed by atoms with Crippen LogP contribution in [0.25, 0.3) is 0 Å². The summed E-state index contributed by atoms with van der Waals surface area (Å²) in [6.45, 7) is 0. The lowest BCUT2D eigenvalue weighted by Crippen LogP contribution is -2.99. The quantitative estimate of drug-likeness (QED) is 0.805. The molecule has 0 aliphatic rings. The second kappa shape index (κ2) is 5.20. The number of hydrogen-bond acceptors (Lipinski definition) is 3. The maximum Gasteiger partial charge on any atom is 0.180 e. The van der Waals surface area contributed by atoms with Crippen LogP contribution in [0.4, 0.5) is 5.69 Å². The number of quaternary nitrogens is 1. The molecule has 2 rings (SSSR count). The largest absolute Gasteiger partial charge is 0.595 e. The van der Waals surface area contributed by atoms with E-state index in [0.717, 1.165) is 0 Å². The highest BCUT2D eigenvalue weighted by molar-refractivity contribution is 7.85. The Kier molecular flexibility index (Phi) is 3.65. The zero-order valence-corrected chi connectivity index (χ0v) is 9.68. The third-order valence-electron chi connectivity index (χ3n) is 2.27. The third-order valence-corrected chi connectivity index (χ3v) is 3.73. The first-order valence-corrected chi connectivity index (χ1v) is 6.14. The van der Waals surface area contributed by atoms with E-state index in [0.29, 0.717) is 9.79 Å². The Morgan fingerprint density at radius 1 is 1.00 bits per heavy atom. The average Bonchev–Trinajstić information content (AvgIpc) is 2.39. The second-order valence-electron chi connectivity index (χ2n) is 3.38. The summed E-state index contributed by atoms with van der Waals surface area (Å²) in [6, 6.07) is 15.1. The van der Waals surface area contributed by atoms with Crippen molar-refractivity contribution in [1.82, 2.24) is 0 Å². The van der Waals surface area contributed by atoms with Crippen molar-refractivity contribution in [3.05, 3.63) is 59.8 Å². The fraction of sp³-hybridized carbons (Fsp3) is 0. The van der Waals surface area contributed by atoms with E-state index < -0.39 is 16.0 Å². The van der Waals surface area contributed by atoms with Crippen LogP contribution in [0.1, 0.15) is 0 Å². The summed E-state index contributed by atoms with van der Waals surface area (Å²) in [5.41, 5.74) is 0.0784. The van der Waals surface area contributed by atoms with Crippen LogP contribution in [-0.4, -0.2) is 9.42 Å². The van der Waals surface area contributed by atoms with Gasteiger partial charge in [-0.25, -0.2) is 9.42 Å². The molecule has 2 aromatic rings. The predicted molar refractivity (Wildman–Crippen MR) is 63.3 cm³/mol. The van der Waals surface area contributed by atoms with Crippen molar-refractivity contribution < 1.29 is 14.6 Å². The van der Waals surface area contributed by atoms with Crippen LogP contribution >= 0.6 is 0 Å². The van der Waals surface area contributed by atoms with Gasteiger partial charge in [-0.3, -0.25) is 0 Å². The molecule has 0 amide bonds. The summed E-state index contributed by atoms with van der Waals surface area (Å²) in [5, 5.41) is 19.0. The summed E-state index contributed by atoms with van der Waals surface area (Å²) in [7, 11) is -1.46. The van der Waals surface area contributed by atoms with Gasteiger partial charge in [-0.05, 0) is 18.2 Å². The first kappa shape index (κ1) is 11.9. The van der Waals surface area contributed by atoms with Gasteiger partial charge in [0.25, 0.3) is 0 Å². The molecule has 2 N–H and O–H groups in total. The Hall–Kier alpha value is -1.53. The Morgan fingerprint density at radius 2 is 1.59 bits per heavy atom. The first-order valence-electron chi connectivity index (χ1n) is 4.99. The fourth-order valence-corrected chi connectivity index (χ4v) is 2.69. The average molecular weight is 249 g/mol. The van der Waals surface area contributed by atoms with Gasteiger partial charge in [-0.2, -0.15) is 5.23 Å². The lowest BCUT2D eigenvalue weighted by molar-refractivity contribution is -0.992. The molecular weight excluding hydrogens is 238 g/mol. The van der Waals surface area contributed by atoms with Crippen LogP contribution in [-0.2, 0) is 10.8 Å². The Labute approximate surface area is 101 Å². The molecule has 0 heterocycles. The Bertz CT molecular complexity index is 528. The van der Waals surface area contributed by atoms with Crippen molar-refractivity contribution in [3.8, 4) is 0 Å². The van der Waals surface area contributed by atoms with Crippen molar-refractivity contribution in [3.63, 3.8) is 0 Å². The van der Waals surface area contributed by atoms with E-state index >= 15 is 0 Å². The summed E-state index contributed by atoms with van der Waals surface area (Å²) in [4.78, 5) is 0.924. The number of para-hydroxylation sites is 1. The van der Waals surface area contributed by atoms with Crippen LogP contribution < -0.4 is 5.23 Å². The number of rotatable bonds is 3. The molecule has 2 atom stereocenters. The van der Waals surface area contributed by atoms with Gasteiger partial charge < -0.3 is 5.21 Å². The van der Waals surface area contributed by atoms with Crippen molar-refractivity contribution in [2.45, 2.75) is 9.79 Å². The lowest BCUT2D eigenvalue weighted by atomic mass is 10.3. The van der Waals surface area contributed by atoms with Gasteiger partial charge in [0.1, 0.15) is 4.90 Å². The molecule has 0 spiro atoms. The molecule has 4 nitrogen and oxygen atoms in total. The van der Waals surface area contributed by atoms with Crippen molar-refractivity contribution in [2.75, 3.05) is 0 Å². The Balaban J connectivity index is 2.45. The highest BCUT2D eigenvalue weighted by Gasteiger charge is 2.15. The SMILES string of the molecule is O=S(c1ccccc1)c1ccccc1[NH+]([O-])O.